The van der Waals surface area contributed by atoms with Crippen LogP contribution in [0, 0.1) is 12.8 Å². The lowest BCUT2D eigenvalue weighted by atomic mass is 9.99. The van der Waals surface area contributed by atoms with Crippen LogP contribution in [0.15, 0.2) is 12.1 Å². The molecular formula is C12H15ClO2. The Morgan fingerprint density at radius 2 is 2.07 bits per heavy atom. The van der Waals surface area contributed by atoms with Crippen molar-refractivity contribution in [1.82, 2.24) is 0 Å². The van der Waals surface area contributed by atoms with Crippen molar-refractivity contribution in [2.24, 2.45) is 5.92 Å². The molecule has 0 aromatic heterocycles. The molecule has 1 aromatic rings. The molecule has 0 unspecified atom stereocenters. The van der Waals surface area contributed by atoms with Crippen LogP contribution in [-0.4, -0.2) is 10.9 Å². The molecule has 0 amide bonds. The van der Waals surface area contributed by atoms with E-state index in [1.807, 2.05) is 20.8 Å². The summed E-state index contributed by atoms with van der Waals surface area (Å²) in [6, 6.07) is 3.31. The minimum Gasteiger partial charge on any atom is -0.506 e. The van der Waals surface area contributed by atoms with Gasteiger partial charge < -0.3 is 5.11 Å². The van der Waals surface area contributed by atoms with Crippen molar-refractivity contribution in [3.05, 3.63) is 28.3 Å². The Morgan fingerprint density at radius 1 is 1.47 bits per heavy atom. The lowest BCUT2D eigenvalue weighted by molar-refractivity contribution is 0.0965. The van der Waals surface area contributed by atoms with E-state index in [9.17, 15) is 9.90 Å². The Morgan fingerprint density at radius 3 is 2.60 bits per heavy atom. The number of aryl methyl sites for hydroxylation is 1. The summed E-state index contributed by atoms with van der Waals surface area (Å²) in [6.45, 7) is 5.77. The van der Waals surface area contributed by atoms with E-state index in [-0.39, 0.29) is 22.5 Å². The number of Topliss-reactive ketones (excluding diaryl/α,β-unsaturated/α-hetero) is 1. The summed E-state index contributed by atoms with van der Waals surface area (Å²) in [4.78, 5) is 11.8. The predicted octanol–water partition coefficient (Wildman–Crippen LogP) is 3.58. The van der Waals surface area contributed by atoms with E-state index >= 15 is 0 Å². The van der Waals surface area contributed by atoms with Crippen molar-refractivity contribution in [2.45, 2.75) is 27.2 Å². The van der Waals surface area contributed by atoms with Crippen molar-refractivity contribution in [3.63, 3.8) is 0 Å². The summed E-state index contributed by atoms with van der Waals surface area (Å²) in [7, 11) is 0. The van der Waals surface area contributed by atoms with Gasteiger partial charge in [0, 0.05) is 6.42 Å². The third kappa shape index (κ3) is 2.96. The fourth-order valence-electron chi connectivity index (χ4n) is 1.43. The van der Waals surface area contributed by atoms with Gasteiger partial charge >= 0.3 is 0 Å². The highest BCUT2D eigenvalue weighted by Gasteiger charge is 2.15. The molecule has 0 aliphatic carbocycles. The maximum Gasteiger partial charge on any atom is 0.166 e. The molecular weight excluding hydrogens is 212 g/mol. The summed E-state index contributed by atoms with van der Waals surface area (Å²) < 4.78 is 0. The molecule has 2 nitrogen and oxygen atoms in total. The second-order valence-electron chi connectivity index (χ2n) is 4.16. The van der Waals surface area contributed by atoms with Crippen LogP contribution in [0.2, 0.25) is 5.02 Å². The van der Waals surface area contributed by atoms with Crippen LogP contribution in [0.4, 0.5) is 0 Å². The van der Waals surface area contributed by atoms with E-state index in [0.29, 0.717) is 12.0 Å². The number of hydrogen-bond donors (Lipinski definition) is 1. The maximum atomic E-state index is 11.8. The Balaban J connectivity index is 3.08. The zero-order valence-electron chi connectivity index (χ0n) is 9.17. The first kappa shape index (κ1) is 12.1. The summed E-state index contributed by atoms with van der Waals surface area (Å²) in [5.74, 6) is 0.109. The summed E-state index contributed by atoms with van der Waals surface area (Å²) >= 11 is 5.80. The molecule has 1 N–H and O–H groups in total. The monoisotopic (exact) mass is 226 g/mol. The quantitative estimate of drug-likeness (QED) is 0.800. The molecule has 0 radical (unpaired) electrons. The number of carbonyl (C=O) groups is 1. The van der Waals surface area contributed by atoms with Gasteiger partial charge in [0.05, 0.1) is 10.6 Å². The first-order valence-corrected chi connectivity index (χ1v) is 5.32. The van der Waals surface area contributed by atoms with Crippen LogP contribution in [-0.2, 0) is 0 Å². The molecule has 82 valence electrons. The van der Waals surface area contributed by atoms with Gasteiger partial charge in [-0.2, -0.15) is 0 Å². The van der Waals surface area contributed by atoms with E-state index in [1.165, 1.54) is 0 Å². The largest absolute Gasteiger partial charge is 0.506 e. The van der Waals surface area contributed by atoms with Crippen molar-refractivity contribution in [3.8, 4) is 5.75 Å². The van der Waals surface area contributed by atoms with Gasteiger partial charge in [-0.3, -0.25) is 4.79 Å². The minimum atomic E-state index is -0.104. The Bertz CT molecular complexity index is 383. The number of hydrogen-bond acceptors (Lipinski definition) is 2. The van der Waals surface area contributed by atoms with Crippen molar-refractivity contribution < 1.29 is 9.90 Å². The number of ketones is 1. The zero-order valence-corrected chi connectivity index (χ0v) is 9.93. The van der Waals surface area contributed by atoms with E-state index in [1.54, 1.807) is 12.1 Å². The van der Waals surface area contributed by atoms with Gasteiger partial charge in [-0.05, 0) is 30.5 Å². The fraction of sp³-hybridized carbons (Fsp3) is 0.417. The van der Waals surface area contributed by atoms with Gasteiger partial charge in [0.1, 0.15) is 5.75 Å². The topological polar surface area (TPSA) is 37.3 Å². The molecule has 0 atom stereocenters. The van der Waals surface area contributed by atoms with E-state index in [2.05, 4.69) is 0 Å². The smallest absolute Gasteiger partial charge is 0.166 e. The van der Waals surface area contributed by atoms with Crippen LogP contribution in [0.3, 0.4) is 0 Å². The van der Waals surface area contributed by atoms with Crippen LogP contribution >= 0.6 is 11.6 Å². The molecule has 1 aromatic carbocycles. The molecule has 0 aliphatic heterocycles. The minimum absolute atomic E-state index is 0.0619. The molecule has 15 heavy (non-hydrogen) atoms. The summed E-state index contributed by atoms with van der Waals surface area (Å²) in [6.07, 6.45) is 0.424. The van der Waals surface area contributed by atoms with Crippen molar-refractivity contribution >= 4 is 17.4 Å². The van der Waals surface area contributed by atoms with Gasteiger partial charge in [-0.25, -0.2) is 0 Å². The highest BCUT2D eigenvalue weighted by atomic mass is 35.5. The number of halogens is 1. The van der Waals surface area contributed by atoms with E-state index < -0.39 is 0 Å². The molecule has 3 heteroatoms. The van der Waals surface area contributed by atoms with Gasteiger partial charge in [0.25, 0.3) is 0 Å². The molecule has 0 spiro atoms. The average Bonchev–Trinajstić information content (AvgIpc) is 2.09. The van der Waals surface area contributed by atoms with Crippen LogP contribution < -0.4 is 0 Å². The molecule has 0 fully saturated rings. The number of phenolic OH excluding ortho intramolecular Hbond substituents is 1. The number of carbonyl (C=O) groups excluding carboxylic acids is 1. The first-order chi connectivity index (χ1) is 6.91. The third-order valence-electron chi connectivity index (χ3n) is 2.10. The highest BCUT2D eigenvalue weighted by molar-refractivity contribution is 6.32. The Labute approximate surface area is 94.9 Å². The van der Waals surface area contributed by atoms with Crippen molar-refractivity contribution in [2.75, 3.05) is 0 Å². The lowest BCUT2D eigenvalue weighted by Crippen LogP contribution is -2.04. The van der Waals surface area contributed by atoms with Gasteiger partial charge in [-0.15, -0.1) is 0 Å². The molecule has 0 heterocycles. The Kier molecular flexibility index (Phi) is 3.75. The Hall–Kier alpha value is -1.02. The highest BCUT2D eigenvalue weighted by Crippen LogP contribution is 2.30. The lowest BCUT2D eigenvalue weighted by Gasteiger charge is -2.08. The number of phenols is 1. The molecule has 0 aliphatic rings. The van der Waals surface area contributed by atoms with Crippen LogP contribution in [0.5, 0.6) is 5.75 Å². The molecule has 0 saturated heterocycles. The molecule has 0 saturated carbocycles. The maximum absolute atomic E-state index is 11.8. The van der Waals surface area contributed by atoms with Gasteiger partial charge in [-0.1, -0.05) is 25.4 Å². The van der Waals surface area contributed by atoms with Crippen molar-refractivity contribution in [1.29, 1.82) is 0 Å². The second kappa shape index (κ2) is 4.67. The van der Waals surface area contributed by atoms with Gasteiger partial charge in [0.2, 0.25) is 0 Å². The summed E-state index contributed by atoms with van der Waals surface area (Å²) in [5, 5.41) is 9.89. The number of aromatic hydroxyl groups is 1. The van der Waals surface area contributed by atoms with Crippen LogP contribution in [0.1, 0.15) is 36.2 Å². The SMILES string of the molecule is Cc1cc(Cl)c(O)c(C(=O)CC(C)C)c1. The van der Waals surface area contributed by atoms with Gasteiger partial charge in [0.15, 0.2) is 5.78 Å². The number of rotatable bonds is 3. The predicted molar refractivity (Wildman–Crippen MR) is 61.6 cm³/mol. The molecule has 0 bridgehead atoms. The normalized spacial score (nSPS) is 10.7. The second-order valence-corrected chi connectivity index (χ2v) is 4.57. The summed E-state index contributed by atoms with van der Waals surface area (Å²) in [5.41, 5.74) is 1.21. The zero-order chi connectivity index (χ0) is 11.6. The average molecular weight is 227 g/mol. The third-order valence-corrected chi connectivity index (χ3v) is 2.39. The fourth-order valence-corrected chi connectivity index (χ4v) is 1.70. The van der Waals surface area contributed by atoms with E-state index in [0.717, 1.165) is 5.56 Å². The standard InChI is InChI=1S/C12H15ClO2/c1-7(2)4-11(14)9-5-8(3)6-10(13)12(9)15/h5-7,15H,4H2,1-3H3. The molecule has 1 rings (SSSR count). The number of benzene rings is 1. The van der Waals surface area contributed by atoms with Crippen LogP contribution in [0.25, 0.3) is 0 Å². The van der Waals surface area contributed by atoms with E-state index in [4.69, 9.17) is 11.6 Å². The first-order valence-electron chi connectivity index (χ1n) is 4.94.